The normalized spacial score (nSPS) is 12.2. The Morgan fingerprint density at radius 2 is 0.650 bits per heavy atom. The third-order valence-electron chi connectivity index (χ3n) is 11.4. The van der Waals surface area contributed by atoms with Crippen LogP contribution in [0.15, 0.2) is 36.5 Å². The Morgan fingerprint density at radius 1 is 0.350 bits per heavy atom. The topological polar surface area (TPSA) is 78.9 Å². The zero-order valence-corrected chi connectivity index (χ0v) is 40.0. The van der Waals surface area contributed by atoms with Crippen molar-refractivity contribution in [2.45, 2.75) is 277 Å². The van der Waals surface area contributed by atoms with Crippen molar-refractivity contribution < 1.29 is 28.6 Å². The maximum absolute atomic E-state index is 12.8. The van der Waals surface area contributed by atoms with Gasteiger partial charge in [0, 0.05) is 19.3 Å². The van der Waals surface area contributed by atoms with E-state index >= 15 is 0 Å². The Labute approximate surface area is 372 Å². The molecule has 0 saturated heterocycles. The predicted octanol–water partition coefficient (Wildman–Crippen LogP) is 16.9. The fourth-order valence-electron chi connectivity index (χ4n) is 7.52. The molecule has 6 heteroatoms. The predicted molar refractivity (Wildman–Crippen MR) is 256 cm³/mol. The molecule has 6 nitrogen and oxygen atoms in total. The zero-order valence-electron chi connectivity index (χ0n) is 40.0. The number of carbonyl (C=O) groups is 3. The highest BCUT2D eigenvalue weighted by atomic mass is 16.6. The fraction of sp³-hybridized carbons (Fsp3) is 0.833. The minimum absolute atomic E-state index is 0.0709. The summed E-state index contributed by atoms with van der Waals surface area (Å²) in [7, 11) is 0. The van der Waals surface area contributed by atoms with E-state index in [4.69, 9.17) is 14.2 Å². The Morgan fingerprint density at radius 3 is 1.02 bits per heavy atom. The molecule has 0 aliphatic carbocycles. The summed E-state index contributed by atoms with van der Waals surface area (Å²) in [6.07, 6.45) is 56.9. The summed E-state index contributed by atoms with van der Waals surface area (Å²) in [6.45, 7) is 6.54. The minimum atomic E-state index is -0.770. The highest BCUT2D eigenvalue weighted by Gasteiger charge is 2.19. The lowest BCUT2D eigenvalue weighted by Crippen LogP contribution is -2.30. The van der Waals surface area contributed by atoms with Gasteiger partial charge in [-0.1, -0.05) is 237 Å². The summed E-state index contributed by atoms with van der Waals surface area (Å²) in [5.74, 6) is -0.869. The van der Waals surface area contributed by atoms with Gasteiger partial charge >= 0.3 is 17.9 Å². The molecular formula is C54H98O6. The molecule has 0 aliphatic rings. The lowest BCUT2D eigenvalue weighted by atomic mass is 10.0. The first-order valence-electron chi connectivity index (χ1n) is 26.0. The molecule has 0 aromatic heterocycles. The SMILES string of the molecule is CC/C=C\C/C=C\C/C=C\CCCCCCCCCC(=O)OCC(COC(=O)CCCCCCCCCCCCCC)OC(=O)CCCCCCCCCCCCCCC. The van der Waals surface area contributed by atoms with Gasteiger partial charge in [-0.25, -0.2) is 0 Å². The number of hydrogen-bond donors (Lipinski definition) is 0. The standard InChI is InChI=1S/C54H98O6/c1-4-7-10-13-16-19-22-25-26-27-28-30-32-35-38-41-44-47-53(56)59-50-51(49-58-52(55)46-43-40-37-34-31-24-21-18-15-12-9-6-3)60-54(57)48-45-42-39-36-33-29-23-20-17-14-11-8-5-2/h7,10,16,19,25-26,51H,4-6,8-9,11-15,17-18,20-24,27-50H2,1-3H3/b10-7-,19-16-,26-25-. The quantitative estimate of drug-likeness (QED) is 0.0263. The van der Waals surface area contributed by atoms with E-state index in [9.17, 15) is 14.4 Å². The van der Waals surface area contributed by atoms with Gasteiger partial charge in [0.1, 0.15) is 13.2 Å². The molecule has 0 fully saturated rings. The number of esters is 3. The van der Waals surface area contributed by atoms with Crippen molar-refractivity contribution in [2.75, 3.05) is 13.2 Å². The molecular weight excluding hydrogens is 745 g/mol. The summed E-state index contributed by atoms with van der Waals surface area (Å²) >= 11 is 0. The van der Waals surface area contributed by atoms with Crippen LogP contribution in [0.3, 0.4) is 0 Å². The van der Waals surface area contributed by atoms with Gasteiger partial charge in [0.25, 0.3) is 0 Å². The van der Waals surface area contributed by atoms with Crippen LogP contribution >= 0.6 is 0 Å². The zero-order chi connectivity index (χ0) is 43.7. The van der Waals surface area contributed by atoms with E-state index in [1.165, 1.54) is 148 Å². The van der Waals surface area contributed by atoms with Crippen LogP contribution in [0.2, 0.25) is 0 Å². The van der Waals surface area contributed by atoms with Crippen LogP contribution in [0, 0.1) is 0 Å². The van der Waals surface area contributed by atoms with Crippen LogP contribution in [-0.4, -0.2) is 37.2 Å². The fourth-order valence-corrected chi connectivity index (χ4v) is 7.52. The van der Waals surface area contributed by atoms with Crippen LogP contribution in [0.1, 0.15) is 271 Å². The molecule has 0 amide bonds. The van der Waals surface area contributed by atoms with E-state index in [2.05, 4.69) is 57.2 Å². The van der Waals surface area contributed by atoms with Crippen LogP contribution in [0.5, 0.6) is 0 Å². The maximum Gasteiger partial charge on any atom is 0.306 e. The first kappa shape index (κ1) is 57.6. The molecule has 0 N–H and O–H groups in total. The Hall–Kier alpha value is -2.37. The van der Waals surface area contributed by atoms with Crippen LogP contribution in [-0.2, 0) is 28.6 Å². The van der Waals surface area contributed by atoms with Gasteiger partial charge in [-0.2, -0.15) is 0 Å². The molecule has 1 unspecified atom stereocenters. The first-order chi connectivity index (χ1) is 29.5. The van der Waals surface area contributed by atoms with Gasteiger partial charge in [-0.05, 0) is 51.4 Å². The van der Waals surface area contributed by atoms with Gasteiger partial charge in [0.15, 0.2) is 6.10 Å². The Balaban J connectivity index is 4.34. The molecule has 0 spiro atoms. The molecule has 1 atom stereocenters. The molecule has 0 radical (unpaired) electrons. The van der Waals surface area contributed by atoms with Gasteiger partial charge in [-0.3, -0.25) is 14.4 Å². The molecule has 350 valence electrons. The van der Waals surface area contributed by atoms with Gasteiger partial charge in [-0.15, -0.1) is 0 Å². The maximum atomic E-state index is 12.8. The van der Waals surface area contributed by atoms with Crippen LogP contribution in [0.4, 0.5) is 0 Å². The highest BCUT2D eigenvalue weighted by Crippen LogP contribution is 2.16. The van der Waals surface area contributed by atoms with Crippen LogP contribution < -0.4 is 0 Å². The van der Waals surface area contributed by atoms with E-state index in [0.29, 0.717) is 19.3 Å². The lowest BCUT2D eigenvalue weighted by Gasteiger charge is -2.18. The number of unbranched alkanes of at least 4 members (excludes halogenated alkanes) is 30. The van der Waals surface area contributed by atoms with E-state index in [1.54, 1.807) is 0 Å². The third-order valence-corrected chi connectivity index (χ3v) is 11.4. The number of ether oxygens (including phenoxy) is 3. The molecule has 0 saturated carbocycles. The van der Waals surface area contributed by atoms with Crippen molar-refractivity contribution in [2.24, 2.45) is 0 Å². The average Bonchev–Trinajstić information content (AvgIpc) is 3.24. The van der Waals surface area contributed by atoms with Crippen molar-refractivity contribution in [1.82, 2.24) is 0 Å². The van der Waals surface area contributed by atoms with Crippen molar-refractivity contribution in [3.8, 4) is 0 Å². The van der Waals surface area contributed by atoms with E-state index < -0.39 is 6.10 Å². The Kier molecular flexibility index (Phi) is 47.3. The van der Waals surface area contributed by atoms with E-state index in [-0.39, 0.29) is 31.1 Å². The summed E-state index contributed by atoms with van der Waals surface area (Å²) in [5.41, 5.74) is 0. The van der Waals surface area contributed by atoms with Gasteiger partial charge in [0.2, 0.25) is 0 Å². The highest BCUT2D eigenvalue weighted by molar-refractivity contribution is 5.71. The third kappa shape index (κ3) is 46.7. The summed E-state index contributed by atoms with van der Waals surface area (Å²) in [4.78, 5) is 37.9. The van der Waals surface area contributed by atoms with Crippen LogP contribution in [0.25, 0.3) is 0 Å². The number of carbonyl (C=O) groups excluding carboxylic acids is 3. The number of allylic oxidation sites excluding steroid dienone is 6. The van der Waals surface area contributed by atoms with E-state index in [1.807, 2.05) is 0 Å². The summed E-state index contributed by atoms with van der Waals surface area (Å²) in [6, 6.07) is 0. The summed E-state index contributed by atoms with van der Waals surface area (Å²) < 4.78 is 16.8. The Bertz CT molecular complexity index is 1020. The molecule has 0 bridgehead atoms. The van der Waals surface area contributed by atoms with Gasteiger partial charge in [0.05, 0.1) is 0 Å². The van der Waals surface area contributed by atoms with Crippen molar-refractivity contribution >= 4 is 17.9 Å². The van der Waals surface area contributed by atoms with Crippen molar-refractivity contribution in [3.63, 3.8) is 0 Å². The summed E-state index contributed by atoms with van der Waals surface area (Å²) in [5, 5.41) is 0. The molecule has 0 aromatic carbocycles. The van der Waals surface area contributed by atoms with Crippen molar-refractivity contribution in [3.05, 3.63) is 36.5 Å². The number of rotatable bonds is 47. The van der Waals surface area contributed by atoms with Crippen molar-refractivity contribution in [1.29, 1.82) is 0 Å². The molecule has 60 heavy (non-hydrogen) atoms. The molecule has 0 aliphatic heterocycles. The second-order valence-electron chi connectivity index (χ2n) is 17.4. The second kappa shape index (κ2) is 49.3. The lowest BCUT2D eigenvalue weighted by molar-refractivity contribution is -0.167. The largest absolute Gasteiger partial charge is 0.462 e. The molecule has 0 rings (SSSR count). The smallest absolute Gasteiger partial charge is 0.306 e. The molecule has 0 heterocycles. The van der Waals surface area contributed by atoms with E-state index in [0.717, 1.165) is 83.5 Å². The minimum Gasteiger partial charge on any atom is -0.462 e. The second-order valence-corrected chi connectivity index (χ2v) is 17.4. The average molecular weight is 843 g/mol. The molecule has 0 aromatic rings. The van der Waals surface area contributed by atoms with Gasteiger partial charge < -0.3 is 14.2 Å². The number of hydrogen-bond acceptors (Lipinski definition) is 6. The first-order valence-corrected chi connectivity index (χ1v) is 26.0. The monoisotopic (exact) mass is 843 g/mol.